The fourth-order valence-corrected chi connectivity index (χ4v) is 1.90. The number of hydrogen-bond donors (Lipinski definition) is 2. The number of anilines is 1. The van der Waals surface area contributed by atoms with Crippen molar-refractivity contribution in [3.8, 4) is 0 Å². The average Bonchev–Trinajstić information content (AvgIpc) is 2.75. The Morgan fingerprint density at radius 2 is 2.38 bits per heavy atom. The standard InChI is InChI=1S/C12H15FN2O/c1-8-7-9(13)4-5-10(8)15-12(16)11-3-2-6-14-11/h4-5,7,11,14H,2-3,6H2,1H3,(H,15,16). The van der Waals surface area contributed by atoms with Gasteiger partial charge in [0.1, 0.15) is 5.82 Å². The Hall–Kier alpha value is -1.42. The van der Waals surface area contributed by atoms with E-state index < -0.39 is 0 Å². The summed E-state index contributed by atoms with van der Waals surface area (Å²) in [6.07, 6.45) is 1.90. The molecule has 1 atom stereocenters. The van der Waals surface area contributed by atoms with Crippen molar-refractivity contribution >= 4 is 11.6 Å². The third kappa shape index (κ3) is 2.39. The van der Waals surface area contributed by atoms with E-state index in [0.29, 0.717) is 5.69 Å². The van der Waals surface area contributed by atoms with E-state index >= 15 is 0 Å². The molecule has 0 saturated carbocycles. The van der Waals surface area contributed by atoms with E-state index in [2.05, 4.69) is 10.6 Å². The Morgan fingerprint density at radius 1 is 1.56 bits per heavy atom. The zero-order chi connectivity index (χ0) is 11.5. The van der Waals surface area contributed by atoms with Crippen molar-refractivity contribution in [1.82, 2.24) is 5.32 Å². The monoisotopic (exact) mass is 222 g/mol. The number of carbonyl (C=O) groups is 1. The molecule has 1 saturated heterocycles. The van der Waals surface area contributed by atoms with Crippen LogP contribution >= 0.6 is 0 Å². The highest BCUT2D eigenvalue weighted by atomic mass is 19.1. The highest BCUT2D eigenvalue weighted by Crippen LogP contribution is 2.17. The highest BCUT2D eigenvalue weighted by molar-refractivity contribution is 5.95. The van der Waals surface area contributed by atoms with Gasteiger partial charge in [0.25, 0.3) is 0 Å². The van der Waals surface area contributed by atoms with Crippen LogP contribution in [0.3, 0.4) is 0 Å². The van der Waals surface area contributed by atoms with Crippen LogP contribution in [0.15, 0.2) is 18.2 Å². The van der Waals surface area contributed by atoms with Gasteiger partial charge in [0.05, 0.1) is 6.04 Å². The quantitative estimate of drug-likeness (QED) is 0.801. The number of hydrogen-bond acceptors (Lipinski definition) is 2. The van der Waals surface area contributed by atoms with Crippen molar-refractivity contribution in [2.75, 3.05) is 11.9 Å². The van der Waals surface area contributed by atoms with Crippen molar-refractivity contribution < 1.29 is 9.18 Å². The van der Waals surface area contributed by atoms with Gasteiger partial charge in [0.15, 0.2) is 0 Å². The van der Waals surface area contributed by atoms with Crippen LogP contribution in [0.2, 0.25) is 0 Å². The van der Waals surface area contributed by atoms with E-state index in [9.17, 15) is 9.18 Å². The maximum absolute atomic E-state index is 12.9. The fraction of sp³-hybridized carbons (Fsp3) is 0.417. The first-order chi connectivity index (χ1) is 7.66. The van der Waals surface area contributed by atoms with Gasteiger partial charge in [0, 0.05) is 5.69 Å². The molecule has 0 aliphatic carbocycles. The normalized spacial score (nSPS) is 19.8. The van der Waals surface area contributed by atoms with Crippen LogP contribution in [-0.2, 0) is 4.79 Å². The summed E-state index contributed by atoms with van der Waals surface area (Å²) < 4.78 is 12.9. The minimum atomic E-state index is -0.283. The summed E-state index contributed by atoms with van der Waals surface area (Å²) in [6.45, 7) is 2.67. The Kier molecular flexibility index (Phi) is 3.19. The molecular weight excluding hydrogens is 207 g/mol. The number of halogens is 1. The molecule has 86 valence electrons. The molecule has 16 heavy (non-hydrogen) atoms. The zero-order valence-corrected chi connectivity index (χ0v) is 9.22. The van der Waals surface area contributed by atoms with Crippen LogP contribution in [0, 0.1) is 12.7 Å². The van der Waals surface area contributed by atoms with E-state index in [0.717, 1.165) is 24.9 Å². The summed E-state index contributed by atoms with van der Waals surface area (Å²) in [5.74, 6) is -0.318. The first-order valence-corrected chi connectivity index (χ1v) is 5.47. The second-order valence-corrected chi connectivity index (χ2v) is 4.10. The summed E-state index contributed by atoms with van der Waals surface area (Å²) in [7, 11) is 0. The lowest BCUT2D eigenvalue weighted by molar-refractivity contribution is -0.117. The number of carbonyl (C=O) groups excluding carboxylic acids is 1. The molecule has 0 radical (unpaired) electrons. The number of nitrogens with one attached hydrogen (secondary N) is 2. The fourth-order valence-electron chi connectivity index (χ4n) is 1.90. The largest absolute Gasteiger partial charge is 0.324 e. The van der Waals surface area contributed by atoms with Crippen LogP contribution < -0.4 is 10.6 Å². The van der Waals surface area contributed by atoms with E-state index in [4.69, 9.17) is 0 Å². The van der Waals surface area contributed by atoms with Crippen LogP contribution in [0.5, 0.6) is 0 Å². The summed E-state index contributed by atoms with van der Waals surface area (Å²) in [5.41, 5.74) is 1.42. The second kappa shape index (κ2) is 4.61. The molecule has 1 amide bonds. The number of rotatable bonds is 2. The third-order valence-electron chi connectivity index (χ3n) is 2.82. The number of benzene rings is 1. The van der Waals surface area contributed by atoms with Gasteiger partial charge in [-0.3, -0.25) is 4.79 Å². The van der Waals surface area contributed by atoms with Gasteiger partial charge in [-0.1, -0.05) is 0 Å². The third-order valence-corrected chi connectivity index (χ3v) is 2.82. The molecule has 1 heterocycles. The summed E-state index contributed by atoms with van der Waals surface area (Å²) in [6, 6.07) is 4.25. The van der Waals surface area contributed by atoms with Crippen molar-refractivity contribution in [3.05, 3.63) is 29.6 Å². The molecule has 4 heteroatoms. The number of aryl methyl sites for hydroxylation is 1. The zero-order valence-electron chi connectivity index (χ0n) is 9.22. The molecule has 1 unspecified atom stereocenters. The Labute approximate surface area is 94.0 Å². The van der Waals surface area contributed by atoms with Crippen molar-refractivity contribution in [3.63, 3.8) is 0 Å². The van der Waals surface area contributed by atoms with E-state index in [1.807, 2.05) is 0 Å². The predicted molar refractivity (Wildman–Crippen MR) is 60.8 cm³/mol. The topological polar surface area (TPSA) is 41.1 Å². The molecule has 0 spiro atoms. The SMILES string of the molecule is Cc1cc(F)ccc1NC(=O)C1CCCN1. The molecular formula is C12H15FN2O. The van der Waals surface area contributed by atoms with Gasteiger partial charge < -0.3 is 10.6 Å². The second-order valence-electron chi connectivity index (χ2n) is 4.10. The lowest BCUT2D eigenvalue weighted by atomic mass is 10.1. The van der Waals surface area contributed by atoms with Crippen molar-refractivity contribution in [2.45, 2.75) is 25.8 Å². The molecule has 1 aliphatic heterocycles. The van der Waals surface area contributed by atoms with Crippen LogP contribution in [0.4, 0.5) is 10.1 Å². The van der Waals surface area contributed by atoms with Crippen LogP contribution in [0.1, 0.15) is 18.4 Å². The van der Waals surface area contributed by atoms with Crippen molar-refractivity contribution in [1.29, 1.82) is 0 Å². The average molecular weight is 222 g/mol. The van der Waals surface area contributed by atoms with Crippen LogP contribution in [-0.4, -0.2) is 18.5 Å². The summed E-state index contributed by atoms with van der Waals surface area (Å²) >= 11 is 0. The predicted octanol–water partition coefficient (Wildman–Crippen LogP) is 1.82. The van der Waals surface area contributed by atoms with Crippen LogP contribution in [0.25, 0.3) is 0 Å². The molecule has 1 aliphatic rings. The molecule has 1 aromatic rings. The Bertz CT molecular complexity index is 400. The van der Waals surface area contributed by atoms with E-state index in [-0.39, 0.29) is 17.8 Å². The van der Waals surface area contributed by atoms with E-state index in [1.54, 1.807) is 13.0 Å². The molecule has 0 bridgehead atoms. The first-order valence-electron chi connectivity index (χ1n) is 5.47. The smallest absolute Gasteiger partial charge is 0.241 e. The lowest BCUT2D eigenvalue weighted by Crippen LogP contribution is -2.35. The summed E-state index contributed by atoms with van der Waals surface area (Å²) in [4.78, 5) is 11.8. The van der Waals surface area contributed by atoms with E-state index in [1.165, 1.54) is 12.1 Å². The Morgan fingerprint density at radius 3 is 3.00 bits per heavy atom. The maximum Gasteiger partial charge on any atom is 0.241 e. The molecule has 1 fully saturated rings. The van der Waals surface area contributed by atoms with Gasteiger partial charge in [-0.15, -0.1) is 0 Å². The molecule has 2 N–H and O–H groups in total. The molecule has 1 aromatic carbocycles. The highest BCUT2D eigenvalue weighted by Gasteiger charge is 2.22. The summed E-state index contributed by atoms with van der Waals surface area (Å²) in [5, 5.41) is 5.93. The lowest BCUT2D eigenvalue weighted by Gasteiger charge is -2.12. The van der Waals surface area contributed by atoms with Gasteiger partial charge >= 0.3 is 0 Å². The Balaban J connectivity index is 2.05. The van der Waals surface area contributed by atoms with Gasteiger partial charge in [-0.2, -0.15) is 0 Å². The molecule has 3 nitrogen and oxygen atoms in total. The number of amides is 1. The first kappa shape index (κ1) is 11.1. The van der Waals surface area contributed by atoms with Gasteiger partial charge in [0.2, 0.25) is 5.91 Å². The van der Waals surface area contributed by atoms with Gasteiger partial charge in [-0.05, 0) is 50.1 Å². The van der Waals surface area contributed by atoms with Gasteiger partial charge in [-0.25, -0.2) is 4.39 Å². The minimum absolute atomic E-state index is 0.0350. The van der Waals surface area contributed by atoms with Crippen molar-refractivity contribution in [2.24, 2.45) is 0 Å². The maximum atomic E-state index is 12.9. The molecule has 2 rings (SSSR count). The minimum Gasteiger partial charge on any atom is -0.324 e. The molecule has 0 aromatic heterocycles.